The summed E-state index contributed by atoms with van der Waals surface area (Å²) >= 11 is 3.40. The van der Waals surface area contributed by atoms with E-state index in [2.05, 4.69) is 27.8 Å². The van der Waals surface area contributed by atoms with Crippen molar-refractivity contribution < 1.29 is 9.59 Å². The summed E-state index contributed by atoms with van der Waals surface area (Å²) in [6, 6.07) is 3.45. The first-order valence-electron chi connectivity index (χ1n) is 5.06. The van der Waals surface area contributed by atoms with Crippen LogP contribution in [-0.4, -0.2) is 25.3 Å². The first-order chi connectivity index (χ1) is 8.04. The summed E-state index contributed by atoms with van der Waals surface area (Å²) in [5.74, 6) is -1.06. The molecule has 1 aliphatic heterocycles. The lowest BCUT2D eigenvalue weighted by Gasteiger charge is -2.19. The number of benzene rings is 1. The van der Waals surface area contributed by atoms with Crippen LogP contribution in [0.25, 0.3) is 0 Å². The minimum atomic E-state index is -0.574. The van der Waals surface area contributed by atoms with E-state index in [1.54, 1.807) is 18.2 Å². The summed E-state index contributed by atoms with van der Waals surface area (Å²) in [7, 11) is 1.91. The highest BCUT2D eigenvalue weighted by atomic mass is 79.9. The van der Waals surface area contributed by atoms with Crippen LogP contribution in [0.4, 0.5) is 11.4 Å². The zero-order valence-electron chi connectivity index (χ0n) is 9.29. The highest BCUT2D eigenvalue weighted by molar-refractivity contribution is 9.10. The van der Waals surface area contributed by atoms with Gasteiger partial charge in [0.05, 0.1) is 16.9 Å². The van der Waals surface area contributed by atoms with E-state index < -0.39 is 11.7 Å². The molecule has 2 rings (SSSR count). The van der Waals surface area contributed by atoms with Gasteiger partial charge in [-0.25, -0.2) is 0 Å². The Balaban J connectivity index is 2.46. The predicted molar refractivity (Wildman–Crippen MR) is 70.6 cm³/mol. The molecule has 0 atom stereocenters. The second-order valence-electron chi connectivity index (χ2n) is 3.80. The lowest BCUT2D eigenvalue weighted by molar-refractivity contribution is -0.112. The van der Waals surface area contributed by atoms with E-state index >= 15 is 0 Å². The molecule has 0 saturated heterocycles. The molecule has 4 nitrogen and oxygen atoms in total. The first kappa shape index (κ1) is 11.9. The Morgan fingerprint density at radius 3 is 2.82 bits per heavy atom. The van der Waals surface area contributed by atoms with E-state index in [1.807, 2.05) is 11.9 Å². The third kappa shape index (κ3) is 1.98. The third-order valence-corrected chi connectivity index (χ3v) is 3.24. The van der Waals surface area contributed by atoms with Crippen LogP contribution in [0.5, 0.6) is 0 Å². The summed E-state index contributed by atoms with van der Waals surface area (Å²) < 4.78 is 0.783. The van der Waals surface area contributed by atoms with E-state index in [9.17, 15) is 9.59 Å². The van der Waals surface area contributed by atoms with Gasteiger partial charge in [-0.1, -0.05) is 6.08 Å². The molecule has 0 bridgehead atoms. The fourth-order valence-corrected chi connectivity index (χ4v) is 2.39. The quantitative estimate of drug-likeness (QED) is 0.687. The number of carbonyl (C=O) groups is 2. The van der Waals surface area contributed by atoms with Gasteiger partial charge < -0.3 is 10.2 Å². The lowest BCUT2D eigenvalue weighted by atomic mass is 10.1. The second kappa shape index (κ2) is 4.33. The molecule has 88 valence electrons. The normalized spacial score (nSPS) is 13.3. The summed E-state index contributed by atoms with van der Waals surface area (Å²) in [5, 5.41) is 2.55. The Labute approximate surface area is 107 Å². The topological polar surface area (TPSA) is 49.4 Å². The fraction of sp³-hybridized carbons (Fsp3) is 0.167. The van der Waals surface area contributed by atoms with Gasteiger partial charge in [0.25, 0.3) is 11.7 Å². The van der Waals surface area contributed by atoms with Crippen LogP contribution in [0.3, 0.4) is 0 Å². The Morgan fingerprint density at radius 1 is 1.47 bits per heavy atom. The standard InChI is InChI=1S/C12H11BrN2O2/c1-3-4-15(2)10-6-9-7(5-8(10)13)11(16)12(17)14-9/h3,5-6H,1,4H2,2H3,(H,14,16,17). The molecule has 1 aromatic rings. The van der Waals surface area contributed by atoms with Crippen molar-refractivity contribution in [1.82, 2.24) is 0 Å². The molecule has 1 aromatic carbocycles. The van der Waals surface area contributed by atoms with Crippen molar-refractivity contribution in [3.05, 3.63) is 34.8 Å². The fourth-order valence-electron chi connectivity index (χ4n) is 1.74. The van der Waals surface area contributed by atoms with Gasteiger partial charge in [-0.15, -0.1) is 6.58 Å². The molecule has 1 amide bonds. The van der Waals surface area contributed by atoms with E-state index in [0.29, 0.717) is 17.8 Å². The van der Waals surface area contributed by atoms with Crippen molar-refractivity contribution in [2.24, 2.45) is 0 Å². The van der Waals surface area contributed by atoms with Crippen molar-refractivity contribution in [3.63, 3.8) is 0 Å². The summed E-state index contributed by atoms with van der Waals surface area (Å²) in [4.78, 5) is 24.7. The number of nitrogens with one attached hydrogen (secondary N) is 1. The van der Waals surface area contributed by atoms with Gasteiger partial charge in [-0.3, -0.25) is 9.59 Å². The monoisotopic (exact) mass is 294 g/mol. The average Bonchev–Trinajstić information content (AvgIpc) is 2.55. The van der Waals surface area contributed by atoms with Gasteiger partial charge in [0.1, 0.15) is 0 Å². The maximum Gasteiger partial charge on any atom is 0.296 e. The van der Waals surface area contributed by atoms with Gasteiger partial charge in [-0.05, 0) is 28.1 Å². The van der Waals surface area contributed by atoms with Gasteiger partial charge >= 0.3 is 0 Å². The highest BCUT2D eigenvalue weighted by Crippen LogP contribution is 2.34. The molecular weight excluding hydrogens is 284 g/mol. The number of hydrogen-bond donors (Lipinski definition) is 1. The van der Waals surface area contributed by atoms with Crippen molar-refractivity contribution in [2.75, 3.05) is 23.8 Å². The van der Waals surface area contributed by atoms with Crippen LogP contribution >= 0.6 is 15.9 Å². The summed E-state index contributed by atoms with van der Waals surface area (Å²) in [5.41, 5.74) is 1.88. The van der Waals surface area contributed by atoms with Crippen LogP contribution < -0.4 is 10.2 Å². The van der Waals surface area contributed by atoms with Crippen molar-refractivity contribution in [3.8, 4) is 0 Å². The Hall–Kier alpha value is -1.62. The maximum atomic E-state index is 11.5. The molecular formula is C12H11BrN2O2. The van der Waals surface area contributed by atoms with Gasteiger partial charge in [0.2, 0.25) is 0 Å². The van der Waals surface area contributed by atoms with Crippen molar-refractivity contribution in [1.29, 1.82) is 0 Å². The third-order valence-electron chi connectivity index (χ3n) is 2.60. The van der Waals surface area contributed by atoms with Crippen LogP contribution in [0.1, 0.15) is 10.4 Å². The second-order valence-corrected chi connectivity index (χ2v) is 4.66. The number of halogens is 1. The molecule has 0 radical (unpaired) electrons. The minimum absolute atomic E-state index is 0.414. The molecule has 0 saturated carbocycles. The number of anilines is 2. The van der Waals surface area contributed by atoms with Gasteiger partial charge in [0, 0.05) is 18.1 Å². The van der Waals surface area contributed by atoms with Crippen LogP contribution in [0, 0.1) is 0 Å². The largest absolute Gasteiger partial charge is 0.370 e. The number of Topliss-reactive ketones (excluding diaryl/α,β-unsaturated/α-hetero) is 1. The van der Waals surface area contributed by atoms with Crippen molar-refractivity contribution in [2.45, 2.75) is 0 Å². The van der Waals surface area contributed by atoms with E-state index in [4.69, 9.17) is 0 Å². The summed E-state index contributed by atoms with van der Waals surface area (Å²) in [6.45, 7) is 4.35. The van der Waals surface area contributed by atoms with Crippen molar-refractivity contribution >= 4 is 39.0 Å². The van der Waals surface area contributed by atoms with Gasteiger partial charge in [0.15, 0.2) is 0 Å². The molecule has 0 aromatic heterocycles. The predicted octanol–water partition coefficient (Wildman–Crippen LogP) is 2.21. The van der Waals surface area contributed by atoms with E-state index in [-0.39, 0.29) is 0 Å². The van der Waals surface area contributed by atoms with Crippen LogP contribution in [-0.2, 0) is 4.79 Å². The zero-order chi connectivity index (χ0) is 12.6. The number of amides is 1. The Bertz CT molecular complexity index is 525. The number of rotatable bonds is 3. The number of carbonyl (C=O) groups excluding carboxylic acids is 2. The van der Waals surface area contributed by atoms with Crippen LogP contribution in [0.15, 0.2) is 29.3 Å². The lowest BCUT2D eigenvalue weighted by Crippen LogP contribution is -2.17. The molecule has 0 fully saturated rings. The zero-order valence-corrected chi connectivity index (χ0v) is 10.9. The number of fused-ring (bicyclic) bond motifs is 1. The molecule has 1 heterocycles. The van der Waals surface area contributed by atoms with E-state index in [0.717, 1.165) is 10.2 Å². The first-order valence-corrected chi connectivity index (χ1v) is 5.85. The number of likely N-dealkylation sites (N-methyl/N-ethyl adjacent to an activating group) is 1. The molecule has 0 spiro atoms. The Morgan fingerprint density at radius 2 is 2.18 bits per heavy atom. The number of nitrogens with zero attached hydrogens (tertiary/aromatic N) is 1. The maximum absolute atomic E-state index is 11.5. The number of ketones is 1. The molecule has 0 aliphatic carbocycles. The highest BCUT2D eigenvalue weighted by Gasteiger charge is 2.29. The Kier molecular flexibility index (Phi) is 3.02. The SMILES string of the molecule is C=CCN(C)c1cc2c(cc1Br)C(=O)C(=O)N2. The number of hydrogen-bond acceptors (Lipinski definition) is 3. The molecule has 0 unspecified atom stereocenters. The minimum Gasteiger partial charge on any atom is -0.370 e. The smallest absolute Gasteiger partial charge is 0.296 e. The van der Waals surface area contributed by atoms with Crippen LogP contribution in [0.2, 0.25) is 0 Å². The molecule has 17 heavy (non-hydrogen) atoms. The van der Waals surface area contributed by atoms with Gasteiger partial charge in [-0.2, -0.15) is 0 Å². The molecule has 1 aliphatic rings. The summed E-state index contributed by atoms with van der Waals surface area (Å²) in [6.07, 6.45) is 1.78. The average molecular weight is 295 g/mol. The molecule has 1 N–H and O–H groups in total. The molecule has 5 heteroatoms. The van der Waals surface area contributed by atoms with E-state index in [1.165, 1.54) is 0 Å².